The summed E-state index contributed by atoms with van der Waals surface area (Å²) < 4.78 is 41.2. The molecule has 0 saturated carbocycles. The van der Waals surface area contributed by atoms with Gasteiger partial charge in [-0.2, -0.15) is 5.10 Å². The molecular formula is C12H9F3N2O2. The summed E-state index contributed by atoms with van der Waals surface area (Å²) in [5.41, 5.74) is 1.19. The van der Waals surface area contributed by atoms with Gasteiger partial charge < -0.3 is 4.74 Å². The summed E-state index contributed by atoms with van der Waals surface area (Å²) in [5.74, 6) is -0.273. The highest BCUT2D eigenvalue weighted by Crippen LogP contribution is 2.22. The number of carbonyl (C=O) groups is 1. The standard InChI is InChI=1S/C12H9F3N2O2/c13-12(14,15)19-11-3-1-9(2-4-11)6-17-7-10(8-18)5-16-17/h1-5,7-8H,6H2. The number of rotatable bonds is 4. The van der Waals surface area contributed by atoms with Crippen LogP contribution in [0, 0.1) is 0 Å². The van der Waals surface area contributed by atoms with Crippen LogP contribution < -0.4 is 4.74 Å². The summed E-state index contributed by atoms with van der Waals surface area (Å²) in [6, 6.07) is 5.46. The quantitative estimate of drug-likeness (QED) is 0.802. The molecule has 1 aromatic heterocycles. The number of aldehydes is 1. The molecule has 7 heteroatoms. The second kappa shape index (κ2) is 5.13. The third-order valence-corrected chi connectivity index (χ3v) is 2.29. The molecule has 0 aliphatic heterocycles. The average molecular weight is 270 g/mol. The van der Waals surface area contributed by atoms with Gasteiger partial charge in [0.15, 0.2) is 6.29 Å². The van der Waals surface area contributed by atoms with E-state index in [-0.39, 0.29) is 5.75 Å². The van der Waals surface area contributed by atoms with Gasteiger partial charge in [-0.25, -0.2) is 0 Å². The number of alkyl halides is 3. The van der Waals surface area contributed by atoms with Crippen molar-refractivity contribution >= 4 is 6.29 Å². The monoisotopic (exact) mass is 270 g/mol. The van der Waals surface area contributed by atoms with Crippen LogP contribution in [0.1, 0.15) is 15.9 Å². The van der Waals surface area contributed by atoms with Gasteiger partial charge in [-0.1, -0.05) is 12.1 Å². The van der Waals surface area contributed by atoms with Gasteiger partial charge in [-0.15, -0.1) is 13.2 Å². The largest absolute Gasteiger partial charge is 0.573 e. The number of carbonyl (C=O) groups excluding carboxylic acids is 1. The summed E-state index contributed by atoms with van der Waals surface area (Å²) >= 11 is 0. The van der Waals surface area contributed by atoms with Crippen molar-refractivity contribution in [2.24, 2.45) is 0 Å². The predicted molar refractivity (Wildman–Crippen MR) is 59.8 cm³/mol. The summed E-state index contributed by atoms with van der Waals surface area (Å²) in [4.78, 5) is 10.5. The average Bonchev–Trinajstić information content (AvgIpc) is 2.77. The number of hydrogen-bond acceptors (Lipinski definition) is 3. The van der Waals surface area contributed by atoms with Gasteiger partial charge in [0.2, 0.25) is 0 Å². The number of aromatic nitrogens is 2. The maximum Gasteiger partial charge on any atom is 0.573 e. The van der Waals surface area contributed by atoms with Crippen LogP contribution in [0.5, 0.6) is 5.75 Å². The Morgan fingerprint density at radius 1 is 1.26 bits per heavy atom. The molecule has 0 saturated heterocycles. The van der Waals surface area contributed by atoms with Crippen LogP contribution in [-0.4, -0.2) is 22.4 Å². The molecule has 0 unspecified atom stereocenters. The molecule has 2 aromatic rings. The molecule has 100 valence electrons. The Morgan fingerprint density at radius 2 is 1.95 bits per heavy atom. The maximum absolute atomic E-state index is 12.0. The summed E-state index contributed by atoms with van der Waals surface area (Å²) in [6.07, 6.45) is -1.06. The molecular weight excluding hydrogens is 261 g/mol. The van der Waals surface area contributed by atoms with Crippen molar-refractivity contribution in [3.8, 4) is 5.75 Å². The molecule has 0 N–H and O–H groups in total. The molecule has 4 nitrogen and oxygen atoms in total. The van der Waals surface area contributed by atoms with Crippen LogP contribution in [-0.2, 0) is 6.54 Å². The van der Waals surface area contributed by atoms with Gasteiger partial charge in [0, 0.05) is 6.20 Å². The molecule has 0 radical (unpaired) electrons. The van der Waals surface area contributed by atoms with E-state index in [0.717, 1.165) is 5.56 Å². The fourth-order valence-corrected chi connectivity index (χ4v) is 1.51. The second-order valence-electron chi connectivity index (χ2n) is 3.78. The van der Waals surface area contributed by atoms with Gasteiger partial charge in [0.1, 0.15) is 5.75 Å². The Morgan fingerprint density at radius 3 is 2.47 bits per heavy atom. The third-order valence-electron chi connectivity index (χ3n) is 2.29. The normalized spacial score (nSPS) is 11.3. The van der Waals surface area contributed by atoms with Gasteiger partial charge in [-0.05, 0) is 17.7 Å². The van der Waals surface area contributed by atoms with Crippen molar-refractivity contribution in [2.75, 3.05) is 0 Å². The molecule has 0 spiro atoms. The highest BCUT2D eigenvalue weighted by atomic mass is 19.4. The smallest absolute Gasteiger partial charge is 0.406 e. The van der Waals surface area contributed by atoms with Crippen LogP contribution in [0.25, 0.3) is 0 Å². The first-order valence-electron chi connectivity index (χ1n) is 5.28. The minimum Gasteiger partial charge on any atom is -0.406 e. The van der Waals surface area contributed by atoms with Gasteiger partial charge in [-0.3, -0.25) is 9.48 Å². The molecule has 1 heterocycles. The Hall–Kier alpha value is -2.31. The van der Waals surface area contributed by atoms with Crippen molar-refractivity contribution in [3.05, 3.63) is 47.8 Å². The van der Waals surface area contributed by atoms with Crippen molar-refractivity contribution in [1.82, 2.24) is 9.78 Å². The predicted octanol–water partition coefficient (Wildman–Crippen LogP) is 2.64. The molecule has 0 aliphatic carbocycles. The number of benzene rings is 1. The van der Waals surface area contributed by atoms with Crippen LogP contribution in [0.4, 0.5) is 13.2 Å². The van der Waals surface area contributed by atoms with Gasteiger partial charge >= 0.3 is 6.36 Å². The molecule has 0 atom stereocenters. The van der Waals surface area contributed by atoms with Crippen molar-refractivity contribution < 1.29 is 22.7 Å². The lowest BCUT2D eigenvalue weighted by atomic mass is 10.2. The van der Waals surface area contributed by atoms with E-state index in [4.69, 9.17) is 0 Å². The van der Waals surface area contributed by atoms with E-state index in [1.54, 1.807) is 6.20 Å². The highest BCUT2D eigenvalue weighted by Gasteiger charge is 2.30. The molecule has 0 bridgehead atoms. The molecule has 0 amide bonds. The van der Waals surface area contributed by atoms with Gasteiger partial charge in [0.05, 0.1) is 18.3 Å². The number of halogens is 3. The van der Waals surface area contributed by atoms with Crippen molar-refractivity contribution in [1.29, 1.82) is 0 Å². The zero-order valence-electron chi connectivity index (χ0n) is 9.59. The van der Waals surface area contributed by atoms with Crippen molar-refractivity contribution in [3.63, 3.8) is 0 Å². The Kier molecular flexibility index (Phi) is 3.55. The fourth-order valence-electron chi connectivity index (χ4n) is 1.51. The summed E-state index contributed by atoms with van der Waals surface area (Å²) in [6.45, 7) is 0.361. The van der Waals surface area contributed by atoms with Crippen LogP contribution in [0.2, 0.25) is 0 Å². The lowest BCUT2D eigenvalue weighted by Gasteiger charge is -2.09. The van der Waals surface area contributed by atoms with Crippen molar-refractivity contribution in [2.45, 2.75) is 12.9 Å². The maximum atomic E-state index is 12.0. The van der Waals surface area contributed by atoms with E-state index in [9.17, 15) is 18.0 Å². The fraction of sp³-hybridized carbons (Fsp3) is 0.167. The lowest BCUT2D eigenvalue weighted by Crippen LogP contribution is -2.17. The molecule has 19 heavy (non-hydrogen) atoms. The Bertz CT molecular complexity index is 561. The van der Waals surface area contributed by atoms with E-state index in [2.05, 4.69) is 9.84 Å². The zero-order valence-corrected chi connectivity index (χ0v) is 9.59. The molecule has 0 fully saturated rings. The van der Waals surface area contributed by atoms with Gasteiger partial charge in [0.25, 0.3) is 0 Å². The lowest BCUT2D eigenvalue weighted by molar-refractivity contribution is -0.274. The molecule has 1 aromatic carbocycles. The number of nitrogens with zero attached hydrogens (tertiary/aromatic N) is 2. The van der Waals surface area contributed by atoms with E-state index >= 15 is 0 Å². The molecule has 2 rings (SSSR count). The summed E-state index contributed by atoms with van der Waals surface area (Å²) in [7, 11) is 0. The van der Waals surface area contributed by atoms with E-state index in [1.807, 2.05) is 0 Å². The Labute approximate surface area is 106 Å². The van der Waals surface area contributed by atoms with E-state index in [1.165, 1.54) is 35.1 Å². The third kappa shape index (κ3) is 3.84. The topological polar surface area (TPSA) is 44.1 Å². The van der Waals surface area contributed by atoms with Crippen LogP contribution in [0.15, 0.2) is 36.7 Å². The zero-order chi connectivity index (χ0) is 13.9. The minimum atomic E-state index is -4.69. The first-order chi connectivity index (χ1) is 8.96. The van der Waals surface area contributed by atoms with E-state index in [0.29, 0.717) is 18.4 Å². The SMILES string of the molecule is O=Cc1cnn(Cc2ccc(OC(F)(F)F)cc2)c1. The first-order valence-corrected chi connectivity index (χ1v) is 5.28. The Balaban J connectivity index is 2.04. The summed E-state index contributed by atoms with van der Waals surface area (Å²) in [5, 5.41) is 3.94. The van der Waals surface area contributed by atoms with Crippen LogP contribution >= 0.6 is 0 Å². The number of ether oxygens (including phenoxy) is 1. The second-order valence-corrected chi connectivity index (χ2v) is 3.78. The van der Waals surface area contributed by atoms with E-state index < -0.39 is 6.36 Å². The molecule has 0 aliphatic rings. The highest BCUT2D eigenvalue weighted by molar-refractivity contribution is 5.73. The number of hydrogen-bond donors (Lipinski definition) is 0. The minimum absolute atomic E-state index is 0.273. The first kappa shape index (κ1) is 13.1. The van der Waals surface area contributed by atoms with Crippen LogP contribution in [0.3, 0.4) is 0 Å².